The van der Waals surface area contributed by atoms with Gasteiger partial charge in [-0.3, -0.25) is 0 Å². The molecule has 1 heterocycles. The van der Waals surface area contributed by atoms with Crippen LogP contribution in [0.5, 0.6) is 0 Å². The largest absolute Gasteiger partial charge is 0.444 e. The van der Waals surface area contributed by atoms with Crippen LogP contribution in [0.25, 0.3) is 0 Å². The molecular formula is C10H18N2O2. The lowest BCUT2D eigenvalue weighted by atomic mass is 10.2. The fraction of sp³-hybridized carbons (Fsp3) is 0.900. The van der Waals surface area contributed by atoms with Crippen molar-refractivity contribution < 1.29 is 9.53 Å². The van der Waals surface area contributed by atoms with Gasteiger partial charge in [-0.15, -0.1) is 0 Å². The number of alkyl carbamates (subject to hydrolysis) is 1. The van der Waals surface area contributed by atoms with E-state index in [0.717, 1.165) is 6.54 Å². The molecule has 1 amide bonds. The highest BCUT2D eigenvalue weighted by Crippen LogP contribution is 2.38. The van der Waals surface area contributed by atoms with Crippen LogP contribution in [0.15, 0.2) is 0 Å². The molecule has 3 atom stereocenters. The van der Waals surface area contributed by atoms with E-state index in [2.05, 4.69) is 10.6 Å². The minimum absolute atomic E-state index is 0.273. The fourth-order valence-electron chi connectivity index (χ4n) is 1.94. The zero-order chi connectivity index (χ0) is 10.3. The maximum Gasteiger partial charge on any atom is 0.407 e. The van der Waals surface area contributed by atoms with Crippen molar-refractivity contribution in [1.82, 2.24) is 10.6 Å². The Morgan fingerprint density at radius 1 is 1.50 bits per heavy atom. The second-order valence-electron chi connectivity index (χ2n) is 5.17. The number of nitrogens with one attached hydrogen (secondary N) is 2. The van der Waals surface area contributed by atoms with Gasteiger partial charge < -0.3 is 15.4 Å². The highest BCUT2D eigenvalue weighted by Gasteiger charge is 2.48. The molecule has 0 aromatic rings. The summed E-state index contributed by atoms with van der Waals surface area (Å²) in [6, 6.07) is 0.921. The van der Waals surface area contributed by atoms with Crippen molar-refractivity contribution in [3.63, 3.8) is 0 Å². The van der Waals surface area contributed by atoms with Gasteiger partial charge in [0.15, 0.2) is 0 Å². The number of ether oxygens (including phenoxy) is 1. The lowest BCUT2D eigenvalue weighted by molar-refractivity contribution is 0.0503. The lowest BCUT2D eigenvalue weighted by Crippen LogP contribution is -2.42. The van der Waals surface area contributed by atoms with Crippen LogP contribution >= 0.6 is 0 Å². The lowest BCUT2D eigenvalue weighted by Gasteiger charge is -2.22. The van der Waals surface area contributed by atoms with Gasteiger partial charge in [0.05, 0.1) is 0 Å². The van der Waals surface area contributed by atoms with Crippen molar-refractivity contribution in [2.75, 3.05) is 6.54 Å². The van der Waals surface area contributed by atoms with Crippen LogP contribution in [0.3, 0.4) is 0 Å². The first-order chi connectivity index (χ1) is 6.46. The molecule has 0 aromatic carbocycles. The molecule has 1 saturated carbocycles. The first-order valence-corrected chi connectivity index (χ1v) is 5.18. The van der Waals surface area contributed by atoms with E-state index in [0.29, 0.717) is 12.0 Å². The Morgan fingerprint density at radius 3 is 2.64 bits per heavy atom. The molecule has 4 nitrogen and oxygen atoms in total. The molecule has 1 aliphatic heterocycles. The minimum Gasteiger partial charge on any atom is -0.444 e. The van der Waals surface area contributed by atoms with E-state index in [1.165, 1.54) is 6.42 Å². The van der Waals surface area contributed by atoms with E-state index in [9.17, 15) is 4.79 Å². The van der Waals surface area contributed by atoms with Gasteiger partial charge >= 0.3 is 6.09 Å². The predicted molar refractivity (Wildman–Crippen MR) is 53.1 cm³/mol. The summed E-state index contributed by atoms with van der Waals surface area (Å²) >= 11 is 0. The average molecular weight is 198 g/mol. The molecule has 80 valence electrons. The summed E-state index contributed by atoms with van der Waals surface area (Å²) in [5, 5.41) is 6.24. The monoisotopic (exact) mass is 198 g/mol. The van der Waals surface area contributed by atoms with Crippen LogP contribution in [-0.2, 0) is 4.74 Å². The Morgan fingerprint density at radius 2 is 2.21 bits per heavy atom. The van der Waals surface area contributed by atoms with E-state index >= 15 is 0 Å². The van der Waals surface area contributed by atoms with E-state index < -0.39 is 5.60 Å². The SMILES string of the molecule is CC(C)(C)OC(=O)N[C@H]1CN[C@@H]2C[C@H]12. The molecule has 0 aromatic heterocycles. The van der Waals surface area contributed by atoms with Crippen molar-refractivity contribution in [1.29, 1.82) is 0 Å². The van der Waals surface area contributed by atoms with Gasteiger partial charge in [0, 0.05) is 18.6 Å². The van der Waals surface area contributed by atoms with Crippen molar-refractivity contribution in [3.05, 3.63) is 0 Å². The molecule has 0 spiro atoms. The molecule has 2 N–H and O–H groups in total. The summed E-state index contributed by atoms with van der Waals surface area (Å²) in [4.78, 5) is 11.4. The number of carbonyl (C=O) groups is 1. The quantitative estimate of drug-likeness (QED) is 0.657. The van der Waals surface area contributed by atoms with Crippen molar-refractivity contribution in [2.24, 2.45) is 5.92 Å². The Bertz CT molecular complexity index is 247. The molecule has 2 rings (SSSR count). The van der Waals surface area contributed by atoms with Crippen LogP contribution in [0.1, 0.15) is 27.2 Å². The number of rotatable bonds is 1. The summed E-state index contributed by atoms with van der Waals surface area (Å²) in [6.07, 6.45) is 0.900. The van der Waals surface area contributed by atoms with Crippen molar-refractivity contribution >= 4 is 6.09 Å². The molecular weight excluding hydrogens is 180 g/mol. The summed E-state index contributed by atoms with van der Waals surface area (Å²) < 4.78 is 5.19. The number of amides is 1. The number of hydrogen-bond acceptors (Lipinski definition) is 3. The summed E-state index contributed by atoms with van der Waals surface area (Å²) in [5.74, 6) is 0.641. The van der Waals surface area contributed by atoms with E-state index in [4.69, 9.17) is 4.74 Å². The minimum atomic E-state index is -0.404. The van der Waals surface area contributed by atoms with Gasteiger partial charge in [0.1, 0.15) is 5.60 Å². The first-order valence-electron chi connectivity index (χ1n) is 5.18. The third-order valence-corrected chi connectivity index (χ3v) is 2.66. The second-order valence-corrected chi connectivity index (χ2v) is 5.17. The molecule has 2 aliphatic rings. The van der Waals surface area contributed by atoms with Gasteiger partial charge in [-0.2, -0.15) is 0 Å². The van der Waals surface area contributed by atoms with Crippen LogP contribution in [-0.4, -0.2) is 30.3 Å². The average Bonchev–Trinajstić information content (AvgIpc) is 2.66. The molecule has 2 fully saturated rings. The number of fused-ring (bicyclic) bond motifs is 1. The van der Waals surface area contributed by atoms with Crippen LogP contribution in [0.4, 0.5) is 4.79 Å². The maximum absolute atomic E-state index is 11.4. The van der Waals surface area contributed by atoms with E-state index in [1.807, 2.05) is 20.8 Å². The summed E-state index contributed by atoms with van der Waals surface area (Å²) in [6.45, 7) is 6.51. The molecule has 0 radical (unpaired) electrons. The standard InChI is InChI=1S/C10H18N2O2/c1-10(2,3)14-9(13)12-8-5-11-7-4-6(7)8/h6-8,11H,4-5H2,1-3H3,(H,12,13)/t6-,7+,8-/m0/s1. The summed E-state index contributed by atoms with van der Waals surface area (Å²) in [5.41, 5.74) is -0.404. The molecule has 0 unspecified atom stereocenters. The molecule has 4 heteroatoms. The number of hydrogen-bond donors (Lipinski definition) is 2. The topological polar surface area (TPSA) is 50.4 Å². The zero-order valence-electron chi connectivity index (χ0n) is 8.96. The van der Waals surface area contributed by atoms with Crippen molar-refractivity contribution in [3.8, 4) is 0 Å². The second kappa shape index (κ2) is 3.12. The highest BCUT2D eigenvalue weighted by atomic mass is 16.6. The highest BCUT2D eigenvalue weighted by molar-refractivity contribution is 5.68. The van der Waals surface area contributed by atoms with Crippen LogP contribution in [0, 0.1) is 5.92 Å². The van der Waals surface area contributed by atoms with Crippen LogP contribution < -0.4 is 10.6 Å². The van der Waals surface area contributed by atoms with Gasteiger partial charge in [0.25, 0.3) is 0 Å². The van der Waals surface area contributed by atoms with E-state index in [1.54, 1.807) is 0 Å². The van der Waals surface area contributed by atoms with Gasteiger partial charge in [-0.1, -0.05) is 0 Å². The van der Waals surface area contributed by atoms with Gasteiger partial charge in [0.2, 0.25) is 0 Å². The van der Waals surface area contributed by atoms with Crippen LogP contribution in [0.2, 0.25) is 0 Å². The molecule has 1 saturated heterocycles. The molecule has 1 aliphatic carbocycles. The Labute approximate surface area is 84.4 Å². The number of piperidine rings is 1. The molecule has 14 heavy (non-hydrogen) atoms. The third kappa shape index (κ3) is 2.18. The fourth-order valence-corrected chi connectivity index (χ4v) is 1.94. The van der Waals surface area contributed by atoms with Gasteiger partial charge in [-0.05, 0) is 33.1 Å². The predicted octanol–water partition coefficient (Wildman–Crippen LogP) is 0.871. The molecule has 0 bridgehead atoms. The Hall–Kier alpha value is -0.770. The Balaban J connectivity index is 1.77. The number of carbonyl (C=O) groups excluding carboxylic acids is 1. The van der Waals surface area contributed by atoms with Gasteiger partial charge in [-0.25, -0.2) is 4.79 Å². The maximum atomic E-state index is 11.4. The third-order valence-electron chi connectivity index (χ3n) is 2.66. The zero-order valence-corrected chi connectivity index (χ0v) is 8.96. The van der Waals surface area contributed by atoms with Crippen molar-refractivity contribution in [2.45, 2.75) is 44.9 Å². The summed E-state index contributed by atoms with van der Waals surface area (Å²) in [7, 11) is 0. The van der Waals surface area contributed by atoms with E-state index in [-0.39, 0.29) is 12.1 Å². The smallest absolute Gasteiger partial charge is 0.407 e. The Kier molecular flexibility index (Phi) is 2.18. The first kappa shape index (κ1) is 9.77. The normalized spacial score (nSPS) is 34.9.